The molecule has 0 spiro atoms. The molecule has 1 aliphatic rings. The minimum atomic E-state index is 0.312. The van der Waals surface area contributed by atoms with E-state index in [9.17, 15) is 0 Å². The molecule has 0 saturated carbocycles. The second kappa shape index (κ2) is 5.95. The summed E-state index contributed by atoms with van der Waals surface area (Å²) in [6.45, 7) is 3.82. The van der Waals surface area contributed by atoms with Crippen molar-refractivity contribution < 1.29 is 0 Å². The lowest BCUT2D eigenvalue weighted by molar-refractivity contribution is 0.630. The van der Waals surface area contributed by atoms with E-state index in [1.165, 1.54) is 17.9 Å². The number of nitrogens with zero attached hydrogens (tertiary/aromatic N) is 2. The van der Waals surface area contributed by atoms with Crippen LogP contribution in [0.5, 0.6) is 0 Å². The Morgan fingerprint density at radius 1 is 1.41 bits per heavy atom. The van der Waals surface area contributed by atoms with Crippen LogP contribution >= 0.6 is 11.8 Å². The zero-order valence-electron chi connectivity index (χ0n) is 10.1. The van der Waals surface area contributed by atoms with E-state index < -0.39 is 0 Å². The third-order valence-corrected chi connectivity index (χ3v) is 3.93. The number of anilines is 3. The molecule has 94 valence electrons. The van der Waals surface area contributed by atoms with Crippen molar-refractivity contribution >= 4 is 29.3 Å². The Bertz CT molecular complexity index is 365. The summed E-state index contributed by atoms with van der Waals surface area (Å²) in [7, 11) is 0. The fourth-order valence-electron chi connectivity index (χ4n) is 1.82. The summed E-state index contributed by atoms with van der Waals surface area (Å²) in [6, 6.07) is 1.90. The van der Waals surface area contributed by atoms with Crippen LogP contribution in [0.4, 0.5) is 17.6 Å². The minimum absolute atomic E-state index is 0.312. The van der Waals surface area contributed by atoms with Gasteiger partial charge in [0.15, 0.2) is 0 Å². The quantitative estimate of drug-likeness (QED) is 0.741. The predicted octanol–water partition coefficient (Wildman–Crippen LogP) is 1.66. The summed E-state index contributed by atoms with van der Waals surface area (Å²) in [6.07, 6.45) is 1.29. The van der Waals surface area contributed by atoms with Crippen LogP contribution in [0.2, 0.25) is 0 Å². The highest BCUT2D eigenvalue weighted by Gasteiger charge is 2.15. The summed E-state index contributed by atoms with van der Waals surface area (Å²) < 4.78 is 0. The lowest BCUT2D eigenvalue weighted by Gasteiger charge is -2.12. The summed E-state index contributed by atoms with van der Waals surface area (Å²) in [5, 5.41) is 6.48. The Balaban J connectivity index is 1.94. The molecule has 5 nitrogen and oxygen atoms in total. The molecule has 2 rings (SSSR count). The standard InChI is InChI=1S/C11H19N5S/c1-2-13-9-5-10(16-11(12)15-9)14-6-8-3-4-17-7-8/h5,8H,2-4,6-7H2,1H3,(H4,12,13,14,15,16). The first-order valence-electron chi connectivity index (χ1n) is 5.98. The van der Waals surface area contributed by atoms with E-state index in [1.807, 2.05) is 24.8 Å². The van der Waals surface area contributed by atoms with E-state index in [1.54, 1.807) is 0 Å². The Hall–Kier alpha value is -1.17. The fraction of sp³-hybridized carbons (Fsp3) is 0.636. The van der Waals surface area contributed by atoms with Gasteiger partial charge in [-0.2, -0.15) is 21.7 Å². The number of rotatable bonds is 5. The molecule has 6 heteroatoms. The van der Waals surface area contributed by atoms with Crippen LogP contribution in [-0.4, -0.2) is 34.6 Å². The van der Waals surface area contributed by atoms with Crippen molar-refractivity contribution in [3.05, 3.63) is 6.07 Å². The first-order valence-corrected chi connectivity index (χ1v) is 7.13. The van der Waals surface area contributed by atoms with Gasteiger partial charge in [0, 0.05) is 19.2 Å². The Labute approximate surface area is 106 Å². The van der Waals surface area contributed by atoms with Crippen molar-refractivity contribution in [3.63, 3.8) is 0 Å². The van der Waals surface area contributed by atoms with Crippen molar-refractivity contribution in [2.24, 2.45) is 5.92 Å². The average molecular weight is 253 g/mol. The molecule has 2 heterocycles. The van der Waals surface area contributed by atoms with Gasteiger partial charge < -0.3 is 16.4 Å². The zero-order chi connectivity index (χ0) is 12.1. The number of nitrogens with one attached hydrogen (secondary N) is 2. The second-order valence-electron chi connectivity index (χ2n) is 4.14. The molecule has 0 bridgehead atoms. The summed E-state index contributed by atoms with van der Waals surface area (Å²) in [4.78, 5) is 8.30. The smallest absolute Gasteiger partial charge is 0.223 e. The lowest BCUT2D eigenvalue weighted by Crippen LogP contribution is -2.15. The number of hydrogen-bond donors (Lipinski definition) is 3. The molecule has 0 aromatic carbocycles. The molecule has 0 radical (unpaired) electrons. The van der Waals surface area contributed by atoms with E-state index in [4.69, 9.17) is 5.73 Å². The van der Waals surface area contributed by atoms with Crippen LogP contribution in [-0.2, 0) is 0 Å². The van der Waals surface area contributed by atoms with Gasteiger partial charge in [-0.05, 0) is 30.8 Å². The van der Waals surface area contributed by atoms with E-state index in [0.717, 1.165) is 30.6 Å². The predicted molar refractivity (Wildman–Crippen MR) is 74.5 cm³/mol. The van der Waals surface area contributed by atoms with Gasteiger partial charge in [0.05, 0.1) is 0 Å². The first kappa shape index (κ1) is 12.3. The molecular formula is C11H19N5S. The van der Waals surface area contributed by atoms with Crippen LogP contribution in [0.25, 0.3) is 0 Å². The second-order valence-corrected chi connectivity index (χ2v) is 5.29. The molecule has 4 N–H and O–H groups in total. The van der Waals surface area contributed by atoms with Gasteiger partial charge in [-0.3, -0.25) is 0 Å². The Morgan fingerprint density at radius 2 is 2.18 bits per heavy atom. The molecule has 1 aliphatic heterocycles. The van der Waals surface area contributed by atoms with Gasteiger partial charge in [0.25, 0.3) is 0 Å². The first-order chi connectivity index (χ1) is 8.28. The third-order valence-electron chi connectivity index (χ3n) is 2.70. The SMILES string of the molecule is CCNc1cc(NCC2CCSC2)nc(N)n1. The van der Waals surface area contributed by atoms with E-state index in [0.29, 0.717) is 5.95 Å². The van der Waals surface area contributed by atoms with Crippen LogP contribution in [0.15, 0.2) is 6.07 Å². The number of aromatic nitrogens is 2. The number of nitrogen functional groups attached to an aromatic ring is 1. The van der Waals surface area contributed by atoms with Gasteiger partial charge in [0.2, 0.25) is 5.95 Å². The Morgan fingerprint density at radius 3 is 2.82 bits per heavy atom. The van der Waals surface area contributed by atoms with Gasteiger partial charge in [-0.15, -0.1) is 0 Å². The highest BCUT2D eigenvalue weighted by molar-refractivity contribution is 7.99. The van der Waals surface area contributed by atoms with E-state index in [2.05, 4.69) is 20.6 Å². The van der Waals surface area contributed by atoms with Crippen molar-refractivity contribution in [1.82, 2.24) is 9.97 Å². The third kappa shape index (κ3) is 3.66. The summed E-state index contributed by atoms with van der Waals surface area (Å²) in [5.74, 6) is 5.17. The topological polar surface area (TPSA) is 75.9 Å². The normalized spacial score (nSPS) is 19.2. The fourth-order valence-corrected chi connectivity index (χ4v) is 3.11. The molecule has 1 unspecified atom stereocenters. The van der Waals surface area contributed by atoms with Crippen LogP contribution in [0, 0.1) is 5.92 Å². The maximum Gasteiger partial charge on any atom is 0.223 e. The number of thioether (sulfide) groups is 1. The number of nitrogens with two attached hydrogens (primary N) is 1. The maximum atomic E-state index is 5.67. The molecular weight excluding hydrogens is 234 g/mol. The average Bonchev–Trinajstić information content (AvgIpc) is 2.79. The number of hydrogen-bond acceptors (Lipinski definition) is 6. The monoisotopic (exact) mass is 253 g/mol. The Kier molecular flexibility index (Phi) is 4.30. The highest BCUT2D eigenvalue weighted by atomic mass is 32.2. The molecule has 0 aliphatic carbocycles. The van der Waals surface area contributed by atoms with Crippen molar-refractivity contribution in [2.45, 2.75) is 13.3 Å². The van der Waals surface area contributed by atoms with Crippen LogP contribution in [0.1, 0.15) is 13.3 Å². The summed E-state index contributed by atoms with van der Waals surface area (Å²) in [5.41, 5.74) is 5.67. The zero-order valence-corrected chi connectivity index (χ0v) is 10.9. The molecule has 1 aromatic heterocycles. The molecule has 1 aromatic rings. The van der Waals surface area contributed by atoms with Crippen molar-refractivity contribution in [2.75, 3.05) is 41.0 Å². The van der Waals surface area contributed by atoms with Crippen molar-refractivity contribution in [3.8, 4) is 0 Å². The van der Waals surface area contributed by atoms with Gasteiger partial charge in [-0.1, -0.05) is 0 Å². The minimum Gasteiger partial charge on any atom is -0.370 e. The van der Waals surface area contributed by atoms with E-state index >= 15 is 0 Å². The molecule has 1 saturated heterocycles. The van der Waals surface area contributed by atoms with Crippen LogP contribution < -0.4 is 16.4 Å². The van der Waals surface area contributed by atoms with Crippen LogP contribution in [0.3, 0.4) is 0 Å². The summed E-state index contributed by atoms with van der Waals surface area (Å²) >= 11 is 2.02. The lowest BCUT2D eigenvalue weighted by atomic mass is 10.1. The molecule has 0 amide bonds. The molecule has 1 atom stereocenters. The van der Waals surface area contributed by atoms with Gasteiger partial charge >= 0.3 is 0 Å². The van der Waals surface area contributed by atoms with Gasteiger partial charge in [-0.25, -0.2) is 0 Å². The maximum absolute atomic E-state index is 5.67. The largest absolute Gasteiger partial charge is 0.370 e. The molecule has 1 fully saturated rings. The highest BCUT2D eigenvalue weighted by Crippen LogP contribution is 2.23. The van der Waals surface area contributed by atoms with Crippen molar-refractivity contribution in [1.29, 1.82) is 0 Å². The molecule has 17 heavy (non-hydrogen) atoms. The van der Waals surface area contributed by atoms with Gasteiger partial charge in [0.1, 0.15) is 11.6 Å². The van der Waals surface area contributed by atoms with E-state index in [-0.39, 0.29) is 0 Å².